The number of carbonyl (C=O) groups is 2. The van der Waals surface area contributed by atoms with E-state index < -0.39 is 49.2 Å². The maximum atomic E-state index is 11.3. The van der Waals surface area contributed by atoms with Gasteiger partial charge in [-0.15, -0.1) is 0 Å². The molecule has 0 fully saturated rings. The number of sulfone groups is 2. The summed E-state index contributed by atoms with van der Waals surface area (Å²) in [5, 5.41) is 5.66. The van der Waals surface area contributed by atoms with Crippen molar-refractivity contribution in [3.63, 3.8) is 0 Å². The van der Waals surface area contributed by atoms with E-state index in [1.165, 1.54) is 6.92 Å². The first kappa shape index (κ1) is 22.6. The van der Waals surface area contributed by atoms with Crippen LogP contribution in [0, 0.1) is 0 Å². The third-order valence-electron chi connectivity index (χ3n) is 1.93. The van der Waals surface area contributed by atoms with Gasteiger partial charge in [-0.1, -0.05) is 13.2 Å². The van der Waals surface area contributed by atoms with Gasteiger partial charge in [0.25, 0.3) is 0 Å². The summed E-state index contributed by atoms with van der Waals surface area (Å²) >= 11 is 0. The van der Waals surface area contributed by atoms with Gasteiger partial charge in [-0.2, -0.15) is 0 Å². The molecule has 0 bridgehead atoms. The van der Waals surface area contributed by atoms with Crippen molar-refractivity contribution in [2.24, 2.45) is 0 Å². The maximum absolute atomic E-state index is 11.3. The van der Waals surface area contributed by atoms with E-state index in [2.05, 4.69) is 23.8 Å². The molecule has 0 aliphatic heterocycles. The Kier molecular flexibility index (Phi) is 10.1. The normalized spacial score (nSPS) is 11.1. The Hall–Kier alpha value is -0.680. The van der Waals surface area contributed by atoms with Crippen LogP contribution in [0.5, 0.6) is 0 Å². The molecule has 2 amide bonds. The van der Waals surface area contributed by atoms with E-state index in [0.29, 0.717) is 10.8 Å². The smallest absolute Gasteiger partial charge is 1.00 e. The summed E-state index contributed by atoms with van der Waals surface area (Å²) in [4.78, 5) is 22.7. The zero-order chi connectivity index (χ0) is 16.0. The first-order chi connectivity index (χ1) is 9.01. The van der Waals surface area contributed by atoms with Crippen molar-refractivity contribution >= 4 is 31.5 Å². The van der Waals surface area contributed by atoms with E-state index in [0.717, 1.165) is 0 Å². The minimum absolute atomic E-state index is 0. The SMILES string of the molecule is C=CS(=O)(=O)CC(=O)NC(C)NC(=O)CS(=O)(=O)C=C.[H-].[Na+]. The van der Waals surface area contributed by atoms with Crippen molar-refractivity contribution in [1.29, 1.82) is 0 Å². The molecule has 116 valence electrons. The van der Waals surface area contributed by atoms with E-state index in [-0.39, 0.29) is 31.0 Å². The van der Waals surface area contributed by atoms with Gasteiger partial charge in [0, 0.05) is 10.8 Å². The molecule has 0 spiro atoms. The number of carbonyl (C=O) groups excluding carboxylic acids is 2. The van der Waals surface area contributed by atoms with Crippen molar-refractivity contribution in [3.05, 3.63) is 24.0 Å². The Bertz CT molecular complexity index is 563. The van der Waals surface area contributed by atoms with Gasteiger partial charge in [-0.3, -0.25) is 9.59 Å². The van der Waals surface area contributed by atoms with Crippen molar-refractivity contribution < 1.29 is 57.4 Å². The van der Waals surface area contributed by atoms with E-state index in [1.807, 2.05) is 0 Å². The molecule has 0 aliphatic carbocycles. The molecule has 0 heterocycles. The zero-order valence-electron chi connectivity index (χ0n) is 12.8. The van der Waals surface area contributed by atoms with Crippen LogP contribution in [0.4, 0.5) is 0 Å². The number of hydrogen-bond donors (Lipinski definition) is 2. The second-order valence-corrected chi connectivity index (χ2v) is 7.70. The monoisotopic (exact) mass is 348 g/mol. The molecule has 0 unspecified atom stereocenters. The van der Waals surface area contributed by atoms with Crippen LogP contribution < -0.4 is 40.2 Å². The fourth-order valence-electron chi connectivity index (χ4n) is 1.09. The Morgan fingerprint density at radius 3 is 1.52 bits per heavy atom. The summed E-state index contributed by atoms with van der Waals surface area (Å²) in [6, 6.07) is 0. The number of nitrogens with one attached hydrogen (secondary N) is 2. The Morgan fingerprint density at radius 1 is 1.00 bits per heavy atom. The molecule has 21 heavy (non-hydrogen) atoms. The van der Waals surface area contributed by atoms with Crippen molar-refractivity contribution in [2.45, 2.75) is 13.1 Å². The van der Waals surface area contributed by atoms with Gasteiger partial charge in [0.1, 0.15) is 11.5 Å². The molecule has 0 aromatic carbocycles. The molecule has 0 rings (SSSR count). The second kappa shape index (κ2) is 9.36. The van der Waals surface area contributed by atoms with Crippen LogP contribution >= 0.6 is 0 Å². The Labute approximate surface area is 147 Å². The first-order valence-electron chi connectivity index (χ1n) is 5.30. The van der Waals surface area contributed by atoms with Gasteiger partial charge in [-0.25, -0.2) is 16.8 Å². The molecular formula is C10H17N2NaO6S2. The van der Waals surface area contributed by atoms with Crippen molar-refractivity contribution in [3.8, 4) is 0 Å². The standard InChI is InChI=1S/C10H16N2O6S2.Na.H/c1-4-19(15,16)6-9(13)11-8(3)12-10(14)7-20(17,18)5-2;;/h4-5,8H,1-2,6-7H2,3H3,(H,11,13)(H,12,14);;/q;+1;-1. The third kappa shape index (κ3) is 10.7. The maximum Gasteiger partial charge on any atom is 1.00 e. The van der Waals surface area contributed by atoms with Gasteiger partial charge in [0.2, 0.25) is 11.8 Å². The Balaban J connectivity index is -0.00000180. The number of hydrogen-bond acceptors (Lipinski definition) is 6. The van der Waals surface area contributed by atoms with Crippen LogP contribution in [0.15, 0.2) is 24.0 Å². The number of rotatable bonds is 8. The topological polar surface area (TPSA) is 126 Å². The predicted molar refractivity (Wildman–Crippen MR) is 74.8 cm³/mol. The minimum atomic E-state index is -3.70. The molecule has 11 heteroatoms. The fraction of sp³-hybridized carbons (Fsp3) is 0.400. The minimum Gasteiger partial charge on any atom is -1.00 e. The average Bonchev–Trinajstić information content (AvgIpc) is 2.26. The molecule has 0 saturated heterocycles. The zero-order valence-corrected chi connectivity index (χ0v) is 15.5. The van der Waals surface area contributed by atoms with E-state index >= 15 is 0 Å². The summed E-state index contributed by atoms with van der Waals surface area (Å²) < 4.78 is 44.3. The van der Waals surface area contributed by atoms with Gasteiger partial charge in [0.05, 0.1) is 6.17 Å². The summed E-state index contributed by atoms with van der Waals surface area (Å²) in [7, 11) is -7.39. The van der Waals surface area contributed by atoms with Gasteiger partial charge < -0.3 is 12.1 Å². The molecule has 0 aliphatic rings. The quantitative estimate of drug-likeness (QED) is 0.338. The molecule has 8 nitrogen and oxygen atoms in total. The van der Waals surface area contributed by atoms with E-state index in [9.17, 15) is 26.4 Å². The van der Waals surface area contributed by atoms with Gasteiger partial charge in [-0.05, 0) is 6.92 Å². The van der Waals surface area contributed by atoms with E-state index in [4.69, 9.17) is 0 Å². The summed E-state index contributed by atoms with van der Waals surface area (Å²) in [5.74, 6) is -3.29. The molecule has 2 N–H and O–H groups in total. The fourth-order valence-corrected chi connectivity index (χ4v) is 2.22. The van der Waals surface area contributed by atoms with Gasteiger partial charge in [0.15, 0.2) is 19.7 Å². The number of amides is 2. The molecule has 0 atom stereocenters. The largest absolute Gasteiger partial charge is 1.00 e. The van der Waals surface area contributed by atoms with E-state index in [1.54, 1.807) is 0 Å². The predicted octanol–water partition coefficient (Wildman–Crippen LogP) is -4.20. The molecule has 0 radical (unpaired) electrons. The Morgan fingerprint density at radius 2 is 1.29 bits per heavy atom. The molecule has 0 saturated carbocycles. The molecule has 0 aromatic heterocycles. The summed E-state index contributed by atoms with van der Waals surface area (Å²) in [6.07, 6.45) is -0.921. The van der Waals surface area contributed by atoms with Crippen LogP contribution in [0.3, 0.4) is 0 Å². The van der Waals surface area contributed by atoms with Crippen molar-refractivity contribution in [1.82, 2.24) is 10.6 Å². The molecule has 0 aromatic rings. The first-order valence-corrected chi connectivity index (χ1v) is 8.73. The molecular weight excluding hydrogens is 331 g/mol. The third-order valence-corrected chi connectivity index (χ3v) is 4.27. The van der Waals surface area contributed by atoms with Gasteiger partial charge >= 0.3 is 29.6 Å². The average molecular weight is 348 g/mol. The van der Waals surface area contributed by atoms with Crippen LogP contribution in [0.25, 0.3) is 0 Å². The second-order valence-electron chi connectivity index (χ2n) is 3.80. The van der Waals surface area contributed by atoms with Crippen LogP contribution in [-0.4, -0.2) is 46.3 Å². The van der Waals surface area contributed by atoms with Crippen molar-refractivity contribution in [2.75, 3.05) is 11.5 Å². The van der Waals surface area contributed by atoms with Crippen LogP contribution in [0.2, 0.25) is 0 Å². The summed E-state index contributed by atoms with van der Waals surface area (Å²) in [6.45, 7) is 7.46. The summed E-state index contributed by atoms with van der Waals surface area (Å²) in [5.41, 5.74) is 0. The van der Waals surface area contributed by atoms with Crippen LogP contribution in [0.1, 0.15) is 8.35 Å². The van der Waals surface area contributed by atoms with Crippen LogP contribution in [-0.2, 0) is 29.3 Å².